The SMILES string of the molecule is COCc1ccccc1CNc1cc(Cl)c(C)cc1Cl. The molecule has 2 nitrogen and oxygen atoms in total. The van der Waals surface area contributed by atoms with E-state index >= 15 is 0 Å². The molecule has 0 unspecified atom stereocenters. The van der Waals surface area contributed by atoms with Gasteiger partial charge in [0.1, 0.15) is 0 Å². The minimum Gasteiger partial charge on any atom is -0.380 e. The van der Waals surface area contributed by atoms with Gasteiger partial charge < -0.3 is 10.1 Å². The quantitative estimate of drug-likeness (QED) is 0.833. The second-order valence-electron chi connectivity index (χ2n) is 4.64. The van der Waals surface area contributed by atoms with Gasteiger partial charge in [0.05, 0.1) is 17.3 Å². The molecular weight excluding hydrogens is 293 g/mol. The molecule has 4 heteroatoms. The summed E-state index contributed by atoms with van der Waals surface area (Å²) in [6.45, 7) is 3.21. The van der Waals surface area contributed by atoms with Gasteiger partial charge in [-0.1, -0.05) is 47.5 Å². The Morgan fingerprint density at radius 3 is 2.45 bits per heavy atom. The van der Waals surface area contributed by atoms with Crippen LogP contribution in [0.25, 0.3) is 0 Å². The van der Waals surface area contributed by atoms with Crippen LogP contribution in [0.1, 0.15) is 16.7 Å². The standard InChI is InChI=1S/C16H17Cl2NO/c1-11-7-15(18)16(8-14(11)17)19-9-12-5-3-4-6-13(12)10-20-2/h3-8,19H,9-10H2,1-2H3. The molecular formula is C16H17Cl2NO. The summed E-state index contributed by atoms with van der Waals surface area (Å²) >= 11 is 12.4. The average Bonchev–Trinajstić information content (AvgIpc) is 2.43. The molecule has 0 aliphatic carbocycles. The van der Waals surface area contributed by atoms with Crippen molar-refractivity contribution in [2.45, 2.75) is 20.1 Å². The molecule has 0 amide bonds. The van der Waals surface area contributed by atoms with Gasteiger partial charge in [-0.2, -0.15) is 0 Å². The molecule has 2 aromatic carbocycles. The van der Waals surface area contributed by atoms with Crippen LogP contribution in [-0.4, -0.2) is 7.11 Å². The molecule has 0 saturated carbocycles. The van der Waals surface area contributed by atoms with Crippen LogP contribution in [0.5, 0.6) is 0 Å². The second kappa shape index (κ2) is 6.98. The van der Waals surface area contributed by atoms with Gasteiger partial charge >= 0.3 is 0 Å². The Kier molecular flexibility index (Phi) is 5.30. The number of hydrogen-bond acceptors (Lipinski definition) is 2. The van der Waals surface area contributed by atoms with E-state index < -0.39 is 0 Å². The highest BCUT2D eigenvalue weighted by Gasteiger charge is 2.06. The zero-order valence-corrected chi connectivity index (χ0v) is 13.1. The molecule has 0 aromatic heterocycles. The van der Waals surface area contributed by atoms with E-state index in [1.165, 1.54) is 5.56 Å². The first-order valence-corrected chi connectivity index (χ1v) is 7.12. The molecule has 106 valence electrons. The van der Waals surface area contributed by atoms with Crippen molar-refractivity contribution in [3.05, 3.63) is 63.1 Å². The van der Waals surface area contributed by atoms with Crippen molar-refractivity contribution >= 4 is 28.9 Å². The molecule has 0 aliphatic rings. The summed E-state index contributed by atoms with van der Waals surface area (Å²) in [6.07, 6.45) is 0. The Morgan fingerprint density at radius 2 is 1.75 bits per heavy atom. The van der Waals surface area contributed by atoms with Crippen molar-refractivity contribution in [1.29, 1.82) is 0 Å². The number of methoxy groups -OCH3 is 1. The van der Waals surface area contributed by atoms with Gasteiger partial charge in [0.25, 0.3) is 0 Å². The van der Waals surface area contributed by atoms with E-state index in [4.69, 9.17) is 27.9 Å². The fourth-order valence-corrected chi connectivity index (χ4v) is 2.45. The van der Waals surface area contributed by atoms with E-state index in [1.54, 1.807) is 7.11 Å². The maximum atomic E-state index is 6.22. The number of nitrogens with one attached hydrogen (secondary N) is 1. The van der Waals surface area contributed by atoms with E-state index in [9.17, 15) is 0 Å². The van der Waals surface area contributed by atoms with Gasteiger partial charge in [-0.25, -0.2) is 0 Å². The highest BCUT2D eigenvalue weighted by Crippen LogP contribution is 2.29. The normalized spacial score (nSPS) is 10.6. The lowest BCUT2D eigenvalue weighted by Gasteiger charge is -2.13. The van der Waals surface area contributed by atoms with Gasteiger partial charge in [0.15, 0.2) is 0 Å². The molecule has 1 N–H and O–H groups in total. The fraction of sp³-hybridized carbons (Fsp3) is 0.250. The largest absolute Gasteiger partial charge is 0.380 e. The van der Waals surface area contributed by atoms with Gasteiger partial charge in [0.2, 0.25) is 0 Å². The number of rotatable bonds is 5. The molecule has 0 fully saturated rings. The monoisotopic (exact) mass is 309 g/mol. The fourth-order valence-electron chi connectivity index (χ4n) is 2.00. The van der Waals surface area contributed by atoms with E-state index in [1.807, 2.05) is 31.2 Å². The predicted octanol–water partition coefficient (Wildman–Crippen LogP) is 5.06. The molecule has 2 rings (SSSR count). The van der Waals surface area contributed by atoms with Crippen LogP contribution >= 0.6 is 23.2 Å². The van der Waals surface area contributed by atoms with E-state index in [-0.39, 0.29) is 0 Å². The Balaban J connectivity index is 2.15. The number of ether oxygens (including phenoxy) is 1. The molecule has 0 heterocycles. The lowest BCUT2D eigenvalue weighted by Crippen LogP contribution is -2.04. The highest BCUT2D eigenvalue weighted by molar-refractivity contribution is 6.35. The lowest BCUT2D eigenvalue weighted by atomic mass is 10.1. The maximum Gasteiger partial charge on any atom is 0.0716 e. The number of aryl methyl sites for hydroxylation is 1. The lowest BCUT2D eigenvalue weighted by molar-refractivity contribution is 0.184. The Bertz CT molecular complexity index is 599. The first kappa shape index (κ1) is 15.2. The molecule has 2 aromatic rings. The summed E-state index contributed by atoms with van der Waals surface area (Å²) in [5.41, 5.74) is 4.16. The minimum atomic E-state index is 0.597. The van der Waals surface area contributed by atoms with Crippen molar-refractivity contribution in [2.75, 3.05) is 12.4 Å². The van der Waals surface area contributed by atoms with Crippen LogP contribution < -0.4 is 5.32 Å². The third kappa shape index (κ3) is 3.66. The van der Waals surface area contributed by atoms with Gasteiger partial charge in [-0.05, 0) is 35.7 Å². The molecule has 20 heavy (non-hydrogen) atoms. The smallest absolute Gasteiger partial charge is 0.0716 e. The van der Waals surface area contributed by atoms with E-state index in [2.05, 4.69) is 17.4 Å². The molecule has 0 atom stereocenters. The van der Waals surface area contributed by atoms with Crippen molar-refractivity contribution in [2.24, 2.45) is 0 Å². The molecule has 0 bridgehead atoms. The van der Waals surface area contributed by atoms with Crippen molar-refractivity contribution in [1.82, 2.24) is 0 Å². The van der Waals surface area contributed by atoms with E-state index in [0.717, 1.165) is 16.8 Å². The Hall–Kier alpha value is -1.22. The first-order valence-electron chi connectivity index (χ1n) is 6.37. The number of anilines is 1. The third-order valence-corrected chi connectivity index (χ3v) is 3.86. The summed E-state index contributed by atoms with van der Waals surface area (Å²) in [5.74, 6) is 0. The average molecular weight is 310 g/mol. The van der Waals surface area contributed by atoms with Crippen LogP contribution in [0.2, 0.25) is 10.0 Å². The summed E-state index contributed by atoms with van der Waals surface area (Å²) < 4.78 is 5.20. The topological polar surface area (TPSA) is 21.3 Å². The summed E-state index contributed by atoms with van der Waals surface area (Å²) in [7, 11) is 1.70. The summed E-state index contributed by atoms with van der Waals surface area (Å²) in [4.78, 5) is 0. The van der Waals surface area contributed by atoms with Gasteiger partial charge in [0, 0.05) is 18.7 Å². The molecule has 0 saturated heterocycles. The Morgan fingerprint density at radius 1 is 1.05 bits per heavy atom. The number of halogens is 2. The zero-order valence-electron chi connectivity index (χ0n) is 11.5. The van der Waals surface area contributed by atoms with E-state index in [0.29, 0.717) is 23.2 Å². The van der Waals surface area contributed by atoms with Crippen LogP contribution in [0.15, 0.2) is 36.4 Å². The van der Waals surface area contributed by atoms with Crippen molar-refractivity contribution in [3.63, 3.8) is 0 Å². The van der Waals surface area contributed by atoms with Crippen LogP contribution in [-0.2, 0) is 17.9 Å². The van der Waals surface area contributed by atoms with Gasteiger partial charge in [-0.15, -0.1) is 0 Å². The molecule has 0 aliphatic heterocycles. The second-order valence-corrected chi connectivity index (χ2v) is 5.45. The summed E-state index contributed by atoms with van der Waals surface area (Å²) in [6, 6.07) is 11.9. The highest BCUT2D eigenvalue weighted by atomic mass is 35.5. The molecule has 0 radical (unpaired) electrons. The van der Waals surface area contributed by atoms with Gasteiger partial charge in [-0.3, -0.25) is 0 Å². The Labute approximate surface area is 129 Å². The predicted molar refractivity (Wildman–Crippen MR) is 85.7 cm³/mol. The zero-order chi connectivity index (χ0) is 14.5. The molecule has 0 spiro atoms. The van der Waals surface area contributed by atoms with Crippen molar-refractivity contribution < 1.29 is 4.74 Å². The number of hydrogen-bond donors (Lipinski definition) is 1. The van der Waals surface area contributed by atoms with Crippen LogP contribution in [0.4, 0.5) is 5.69 Å². The maximum absolute atomic E-state index is 6.22. The summed E-state index contributed by atoms with van der Waals surface area (Å²) in [5, 5.41) is 4.71. The van der Waals surface area contributed by atoms with Crippen LogP contribution in [0, 0.1) is 6.92 Å². The van der Waals surface area contributed by atoms with Crippen LogP contribution in [0.3, 0.4) is 0 Å². The number of benzene rings is 2. The first-order chi connectivity index (χ1) is 9.61. The minimum absolute atomic E-state index is 0.597. The van der Waals surface area contributed by atoms with Crippen molar-refractivity contribution in [3.8, 4) is 0 Å². The third-order valence-electron chi connectivity index (χ3n) is 3.14.